The van der Waals surface area contributed by atoms with Crippen LogP contribution in [0.25, 0.3) is 11.1 Å². The van der Waals surface area contributed by atoms with E-state index in [4.69, 9.17) is 14.7 Å². The molecule has 3 aromatic rings. The van der Waals surface area contributed by atoms with Crippen LogP contribution < -0.4 is 4.74 Å². The molecule has 0 aliphatic heterocycles. The molecular formula is C26H25NO4. The van der Waals surface area contributed by atoms with Gasteiger partial charge < -0.3 is 14.6 Å². The van der Waals surface area contributed by atoms with Crippen molar-refractivity contribution in [3.05, 3.63) is 83.4 Å². The van der Waals surface area contributed by atoms with Gasteiger partial charge in [0.15, 0.2) is 0 Å². The molecule has 1 N–H and O–H groups in total. The van der Waals surface area contributed by atoms with Crippen LogP contribution in [0.5, 0.6) is 11.5 Å². The van der Waals surface area contributed by atoms with Crippen LogP contribution in [0.4, 0.5) is 0 Å². The first kappa shape index (κ1) is 21.9. The summed E-state index contributed by atoms with van der Waals surface area (Å²) < 4.78 is 11.4. The Morgan fingerprint density at radius 3 is 2.52 bits per heavy atom. The van der Waals surface area contributed by atoms with Gasteiger partial charge in [-0.15, -0.1) is 0 Å². The molecule has 5 nitrogen and oxygen atoms in total. The fraction of sp³-hybridized carbons (Fsp3) is 0.231. The van der Waals surface area contributed by atoms with Crippen LogP contribution in [0.3, 0.4) is 0 Å². The summed E-state index contributed by atoms with van der Waals surface area (Å²) in [5, 5.41) is 19.5. The van der Waals surface area contributed by atoms with E-state index in [1.807, 2.05) is 75.4 Å². The maximum atomic E-state index is 12.2. The predicted octanol–water partition coefficient (Wildman–Crippen LogP) is 5.39. The first-order valence-electron chi connectivity index (χ1n) is 10.0. The number of nitrogens with zero attached hydrogens (tertiary/aromatic N) is 1. The molecule has 0 saturated carbocycles. The minimum absolute atomic E-state index is 0.0363. The van der Waals surface area contributed by atoms with Gasteiger partial charge in [-0.25, -0.2) is 0 Å². The Morgan fingerprint density at radius 1 is 1.03 bits per heavy atom. The lowest BCUT2D eigenvalue weighted by Gasteiger charge is -2.20. The number of ether oxygens (including phenoxy) is 2. The van der Waals surface area contributed by atoms with Gasteiger partial charge in [0.05, 0.1) is 12.0 Å². The van der Waals surface area contributed by atoms with Crippen molar-refractivity contribution in [3.8, 4) is 28.7 Å². The molecule has 0 heterocycles. The molecule has 0 fully saturated rings. The SMILES string of the molecule is CC(C)(C)OC(=O)Cc1ccccc1OCc1cccc(-c2cccc(C#N)c2O)c1. The molecular weight excluding hydrogens is 390 g/mol. The summed E-state index contributed by atoms with van der Waals surface area (Å²) in [6, 6.07) is 22.0. The quantitative estimate of drug-likeness (QED) is 0.546. The highest BCUT2D eigenvalue weighted by atomic mass is 16.6. The second kappa shape index (κ2) is 9.36. The highest BCUT2D eigenvalue weighted by molar-refractivity contribution is 5.74. The lowest BCUT2D eigenvalue weighted by atomic mass is 10.00. The van der Waals surface area contributed by atoms with E-state index in [2.05, 4.69) is 0 Å². The Balaban J connectivity index is 1.76. The van der Waals surface area contributed by atoms with Gasteiger partial charge in [-0.3, -0.25) is 4.79 Å². The number of nitriles is 1. The number of phenolic OH excluding ortho intramolecular Hbond substituents is 1. The molecule has 5 heteroatoms. The predicted molar refractivity (Wildman–Crippen MR) is 119 cm³/mol. The van der Waals surface area contributed by atoms with Gasteiger partial charge in [0, 0.05) is 11.1 Å². The van der Waals surface area contributed by atoms with Crippen LogP contribution >= 0.6 is 0 Å². The van der Waals surface area contributed by atoms with Crippen LogP contribution in [0.15, 0.2) is 66.7 Å². The number of carbonyl (C=O) groups is 1. The van der Waals surface area contributed by atoms with Gasteiger partial charge in [0.2, 0.25) is 0 Å². The molecule has 3 rings (SSSR count). The van der Waals surface area contributed by atoms with Crippen LogP contribution in [0, 0.1) is 11.3 Å². The van der Waals surface area contributed by atoms with Crippen molar-refractivity contribution < 1.29 is 19.4 Å². The number of benzene rings is 3. The molecule has 0 spiro atoms. The van der Waals surface area contributed by atoms with Crippen LogP contribution in [0.2, 0.25) is 0 Å². The van der Waals surface area contributed by atoms with Crippen molar-refractivity contribution in [2.45, 2.75) is 39.4 Å². The molecule has 0 amide bonds. The Kier molecular flexibility index (Phi) is 6.61. The third-order valence-corrected chi connectivity index (χ3v) is 4.52. The van der Waals surface area contributed by atoms with Crippen molar-refractivity contribution >= 4 is 5.97 Å². The molecule has 0 radical (unpaired) electrons. The first-order valence-corrected chi connectivity index (χ1v) is 10.0. The van der Waals surface area contributed by atoms with E-state index in [9.17, 15) is 9.90 Å². The molecule has 158 valence electrons. The first-order chi connectivity index (χ1) is 14.8. The highest BCUT2D eigenvalue weighted by Gasteiger charge is 2.18. The van der Waals surface area contributed by atoms with Crippen molar-refractivity contribution in [3.63, 3.8) is 0 Å². The summed E-state index contributed by atoms with van der Waals surface area (Å²) >= 11 is 0. The summed E-state index contributed by atoms with van der Waals surface area (Å²) in [4.78, 5) is 12.2. The molecule has 0 unspecified atom stereocenters. The minimum atomic E-state index is -0.540. The van der Waals surface area contributed by atoms with E-state index in [1.165, 1.54) is 0 Å². The number of phenols is 1. The maximum Gasteiger partial charge on any atom is 0.310 e. The molecule has 0 saturated heterocycles. The smallest absolute Gasteiger partial charge is 0.310 e. The molecule has 31 heavy (non-hydrogen) atoms. The number of hydrogen-bond donors (Lipinski definition) is 1. The average Bonchev–Trinajstić information content (AvgIpc) is 2.72. The van der Waals surface area contributed by atoms with E-state index in [0.717, 1.165) is 16.7 Å². The number of aromatic hydroxyl groups is 1. The van der Waals surface area contributed by atoms with Gasteiger partial charge in [0.1, 0.15) is 29.8 Å². The maximum absolute atomic E-state index is 12.2. The Morgan fingerprint density at radius 2 is 1.77 bits per heavy atom. The fourth-order valence-electron chi connectivity index (χ4n) is 3.18. The van der Waals surface area contributed by atoms with Gasteiger partial charge in [-0.05, 0) is 50.1 Å². The fourth-order valence-corrected chi connectivity index (χ4v) is 3.18. The lowest BCUT2D eigenvalue weighted by Crippen LogP contribution is -2.25. The van der Waals surface area contributed by atoms with Crippen LogP contribution in [0.1, 0.15) is 37.5 Å². The van der Waals surface area contributed by atoms with E-state index >= 15 is 0 Å². The zero-order chi connectivity index (χ0) is 22.4. The third kappa shape index (κ3) is 5.86. The molecule has 0 aliphatic carbocycles. The number of para-hydroxylation sites is 2. The highest BCUT2D eigenvalue weighted by Crippen LogP contribution is 2.32. The van der Waals surface area contributed by atoms with E-state index in [1.54, 1.807) is 18.2 Å². The van der Waals surface area contributed by atoms with Gasteiger partial charge in [-0.2, -0.15) is 5.26 Å². The summed E-state index contributed by atoms with van der Waals surface area (Å²) in [6.45, 7) is 5.80. The van der Waals surface area contributed by atoms with Crippen molar-refractivity contribution in [2.24, 2.45) is 0 Å². The number of hydrogen-bond acceptors (Lipinski definition) is 5. The average molecular weight is 415 g/mol. The van der Waals surface area contributed by atoms with Crippen LogP contribution in [-0.2, 0) is 22.6 Å². The Labute approximate surface area is 182 Å². The Hall–Kier alpha value is -3.78. The minimum Gasteiger partial charge on any atom is -0.506 e. The molecule has 0 bridgehead atoms. The second-order valence-electron chi connectivity index (χ2n) is 8.17. The third-order valence-electron chi connectivity index (χ3n) is 4.52. The topological polar surface area (TPSA) is 79.5 Å². The zero-order valence-corrected chi connectivity index (χ0v) is 17.9. The van der Waals surface area contributed by atoms with Crippen molar-refractivity contribution in [1.82, 2.24) is 0 Å². The number of esters is 1. The summed E-state index contributed by atoms with van der Waals surface area (Å²) in [6.07, 6.45) is 0.127. The van der Waals surface area contributed by atoms with E-state index < -0.39 is 5.60 Å². The number of carbonyl (C=O) groups excluding carboxylic acids is 1. The number of rotatable bonds is 6. The second-order valence-corrected chi connectivity index (χ2v) is 8.17. The summed E-state index contributed by atoms with van der Waals surface area (Å²) in [5.41, 5.74) is 2.72. The van der Waals surface area contributed by atoms with E-state index in [-0.39, 0.29) is 30.3 Å². The standard InChI is InChI=1S/C26H25NO4/c1-26(2,3)31-24(28)15-20-9-4-5-13-23(20)30-17-18-8-6-10-19(14-18)22-12-7-11-21(16-27)25(22)29/h4-14,29H,15,17H2,1-3H3. The van der Waals surface area contributed by atoms with Crippen LogP contribution in [-0.4, -0.2) is 16.7 Å². The summed E-state index contributed by atoms with van der Waals surface area (Å²) in [7, 11) is 0. The van der Waals surface area contributed by atoms with Crippen molar-refractivity contribution in [2.75, 3.05) is 0 Å². The normalized spacial score (nSPS) is 10.9. The van der Waals surface area contributed by atoms with Gasteiger partial charge >= 0.3 is 5.97 Å². The molecule has 0 aromatic heterocycles. The zero-order valence-electron chi connectivity index (χ0n) is 17.9. The van der Waals surface area contributed by atoms with E-state index in [0.29, 0.717) is 11.3 Å². The molecule has 0 atom stereocenters. The molecule has 0 aliphatic rings. The van der Waals surface area contributed by atoms with Gasteiger partial charge in [-0.1, -0.05) is 48.5 Å². The largest absolute Gasteiger partial charge is 0.506 e. The summed E-state index contributed by atoms with van der Waals surface area (Å²) in [5.74, 6) is 0.275. The molecule has 3 aromatic carbocycles. The monoisotopic (exact) mass is 415 g/mol. The van der Waals surface area contributed by atoms with Crippen molar-refractivity contribution in [1.29, 1.82) is 5.26 Å². The lowest BCUT2D eigenvalue weighted by molar-refractivity contribution is -0.153. The Bertz CT molecular complexity index is 1120. The van der Waals surface area contributed by atoms with Gasteiger partial charge in [0.25, 0.3) is 0 Å².